The zero-order valence-corrected chi connectivity index (χ0v) is 13.2. The molecule has 1 N–H and O–H groups in total. The Kier molecular flexibility index (Phi) is 3.00. The third kappa shape index (κ3) is 2.13. The summed E-state index contributed by atoms with van der Waals surface area (Å²) >= 11 is 5.32. The second-order valence-corrected chi connectivity index (χ2v) is 7.12. The van der Waals surface area contributed by atoms with Gasteiger partial charge in [0.1, 0.15) is 0 Å². The third-order valence-corrected chi connectivity index (χ3v) is 5.29. The van der Waals surface area contributed by atoms with Crippen molar-refractivity contribution in [2.24, 2.45) is 0 Å². The van der Waals surface area contributed by atoms with Crippen molar-refractivity contribution in [2.75, 3.05) is 11.9 Å². The quantitative estimate of drug-likeness (QED) is 0.721. The number of para-hydroxylation sites is 1. The largest absolute Gasteiger partial charge is 0.384 e. The van der Waals surface area contributed by atoms with Gasteiger partial charge in [0.2, 0.25) is 0 Å². The molecule has 2 nitrogen and oxygen atoms in total. The van der Waals surface area contributed by atoms with Crippen LogP contribution in [0.1, 0.15) is 16.5 Å². The fourth-order valence-electron chi connectivity index (χ4n) is 2.78. The molecule has 20 heavy (non-hydrogen) atoms. The molecule has 3 aromatic rings. The number of nitrogens with one attached hydrogen (secondary N) is 1. The van der Waals surface area contributed by atoms with Crippen LogP contribution < -0.4 is 5.32 Å². The molecule has 0 aliphatic carbocycles. The highest BCUT2D eigenvalue weighted by Crippen LogP contribution is 2.35. The van der Waals surface area contributed by atoms with Gasteiger partial charge in [-0.05, 0) is 29.8 Å². The minimum Gasteiger partial charge on any atom is -0.384 e. The summed E-state index contributed by atoms with van der Waals surface area (Å²) in [5.74, 6) is 0.537. The lowest BCUT2D eigenvalue weighted by atomic mass is 9.98. The van der Waals surface area contributed by atoms with Crippen LogP contribution in [0, 0.1) is 0 Å². The van der Waals surface area contributed by atoms with Crippen LogP contribution in [-0.4, -0.2) is 11.5 Å². The van der Waals surface area contributed by atoms with E-state index in [4.69, 9.17) is 4.98 Å². The van der Waals surface area contributed by atoms with E-state index >= 15 is 0 Å². The summed E-state index contributed by atoms with van der Waals surface area (Å²) in [6.45, 7) is 1.01. The highest BCUT2D eigenvalue weighted by molar-refractivity contribution is 9.10. The first kappa shape index (κ1) is 12.4. The summed E-state index contributed by atoms with van der Waals surface area (Å²) in [5, 5.41) is 4.71. The van der Waals surface area contributed by atoms with Gasteiger partial charge in [-0.25, -0.2) is 4.98 Å². The molecule has 1 aromatic heterocycles. The molecule has 1 aliphatic rings. The molecule has 1 atom stereocenters. The number of halogens is 1. The molecule has 2 aromatic carbocycles. The monoisotopic (exact) mass is 344 g/mol. The zero-order valence-electron chi connectivity index (χ0n) is 10.8. The number of aromatic nitrogens is 1. The molecule has 2 heterocycles. The Bertz CT molecular complexity index is 781. The van der Waals surface area contributed by atoms with Gasteiger partial charge in [0.25, 0.3) is 0 Å². The van der Waals surface area contributed by atoms with Crippen LogP contribution in [0.2, 0.25) is 0 Å². The number of hydrogen-bond donors (Lipinski definition) is 1. The molecule has 4 rings (SSSR count). The predicted octanol–water partition coefficient (Wildman–Crippen LogP) is 4.81. The van der Waals surface area contributed by atoms with Crippen LogP contribution in [0.4, 0.5) is 5.69 Å². The Morgan fingerprint density at radius 2 is 2.15 bits per heavy atom. The average molecular weight is 345 g/mol. The van der Waals surface area contributed by atoms with Gasteiger partial charge in [-0.1, -0.05) is 34.1 Å². The molecule has 100 valence electrons. The molecule has 0 radical (unpaired) electrons. The normalized spacial score (nSPS) is 17.1. The number of hydrogen-bond acceptors (Lipinski definition) is 3. The Balaban J connectivity index is 1.65. The van der Waals surface area contributed by atoms with Gasteiger partial charge in [-0.15, -0.1) is 11.3 Å². The van der Waals surface area contributed by atoms with Crippen LogP contribution in [0.25, 0.3) is 10.2 Å². The summed E-state index contributed by atoms with van der Waals surface area (Å²) in [6.07, 6.45) is 1.01. The van der Waals surface area contributed by atoms with Crippen molar-refractivity contribution in [1.29, 1.82) is 0 Å². The minimum absolute atomic E-state index is 0.537. The van der Waals surface area contributed by atoms with Crippen molar-refractivity contribution in [3.05, 3.63) is 57.5 Å². The molecule has 1 aliphatic heterocycles. The van der Waals surface area contributed by atoms with Gasteiger partial charge in [0, 0.05) is 29.0 Å². The summed E-state index contributed by atoms with van der Waals surface area (Å²) in [7, 11) is 0. The summed E-state index contributed by atoms with van der Waals surface area (Å²) < 4.78 is 2.38. The van der Waals surface area contributed by atoms with E-state index in [0.717, 1.165) is 23.0 Å². The van der Waals surface area contributed by atoms with Crippen molar-refractivity contribution in [3.8, 4) is 0 Å². The Morgan fingerprint density at radius 3 is 3.10 bits per heavy atom. The van der Waals surface area contributed by atoms with E-state index in [1.165, 1.54) is 21.0 Å². The van der Waals surface area contributed by atoms with Gasteiger partial charge in [-0.3, -0.25) is 0 Å². The van der Waals surface area contributed by atoms with Crippen molar-refractivity contribution >= 4 is 43.2 Å². The van der Waals surface area contributed by atoms with E-state index in [9.17, 15) is 0 Å². The maximum absolute atomic E-state index is 4.76. The van der Waals surface area contributed by atoms with Gasteiger partial charge in [0.05, 0.1) is 15.2 Å². The number of rotatable bonds is 2. The van der Waals surface area contributed by atoms with Crippen LogP contribution >= 0.6 is 27.3 Å². The molecule has 0 saturated carbocycles. The summed E-state index contributed by atoms with van der Waals surface area (Å²) in [4.78, 5) is 4.76. The molecule has 0 saturated heterocycles. The second-order valence-electron chi connectivity index (χ2n) is 5.09. The van der Waals surface area contributed by atoms with Crippen LogP contribution in [0.15, 0.2) is 46.9 Å². The van der Waals surface area contributed by atoms with E-state index in [1.54, 1.807) is 11.3 Å². The number of thiazole rings is 1. The van der Waals surface area contributed by atoms with Gasteiger partial charge in [0.15, 0.2) is 0 Å². The Labute approximate surface area is 130 Å². The summed E-state index contributed by atoms with van der Waals surface area (Å²) in [6, 6.07) is 14.9. The van der Waals surface area contributed by atoms with E-state index in [-0.39, 0.29) is 0 Å². The fraction of sp³-hybridized carbons (Fsp3) is 0.188. The number of anilines is 1. The third-order valence-electron chi connectivity index (χ3n) is 3.76. The molecule has 0 spiro atoms. The second kappa shape index (κ2) is 4.86. The maximum Gasteiger partial charge on any atom is 0.0945 e. The molecular weight excluding hydrogens is 332 g/mol. The van der Waals surface area contributed by atoms with E-state index in [2.05, 4.69) is 63.7 Å². The maximum atomic E-state index is 4.76. The smallest absolute Gasteiger partial charge is 0.0945 e. The first-order valence-electron chi connectivity index (χ1n) is 6.67. The topological polar surface area (TPSA) is 24.9 Å². The fourth-order valence-corrected chi connectivity index (χ4v) is 4.38. The Hall–Kier alpha value is -1.39. The van der Waals surface area contributed by atoms with Gasteiger partial charge >= 0.3 is 0 Å². The number of benzene rings is 2. The van der Waals surface area contributed by atoms with Gasteiger partial charge < -0.3 is 5.32 Å². The highest BCUT2D eigenvalue weighted by atomic mass is 79.9. The standard InChI is InChI=1S/C16H13BrN2S/c17-11-5-6-14-15(8-11)20-16(19-14)7-10-9-18-13-4-2-1-3-12(10)13/h1-6,8,10,18H,7,9H2. The molecule has 0 amide bonds. The molecule has 1 unspecified atom stereocenters. The van der Waals surface area contributed by atoms with E-state index in [0.29, 0.717) is 5.92 Å². The van der Waals surface area contributed by atoms with Crippen LogP contribution in [0.5, 0.6) is 0 Å². The van der Waals surface area contributed by atoms with Crippen LogP contribution in [0.3, 0.4) is 0 Å². The van der Waals surface area contributed by atoms with Crippen molar-refractivity contribution in [2.45, 2.75) is 12.3 Å². The van der Waals surface area contributed by atoms with Crippen molar-refractivity contribution in [1.82, 2.24) is 4.98 Å². The predicted molar refractivity (Wildman–Crippen MR) is 88.7 cm³/mol. The first-order valence-corrected chi connectivity index (χ1v) is 8.28. The van der Waals surface area contributed by atoms with Crippen molar-refractivity contribution in [3.63, 3.8) is 0 Å². The van der Waals surface area contributed by atoms with E-state index < -0.39 is 0 Å². The molecule has 0 bridgehead atoms. The lowest BCUT2D eigenvalue weighted by Gasteiger charge is -2.07. The lowest BCUT2D eigenvalue weighted by molar-refractivity contribution is 0.749. The number of nitrogens with zero attached hydrogens (tertiary/aromatic N) is 1. The van der Waals surface area contributed by atoms with Gasteiger partial charge in [-0.2, -0.15) is 0 Å². The SMILES string of the molecule is Brc1ccc2nc(CC3CNc4ccccc43)sc2c1. The molecule has 4 heteroatoms. The number of fused-ring (bicyclic) bond motifs is 2. The van der Waals surface area contributed by atoms with E-state index in [1.807, 2.05) is 0 Å². The summed E-state index contributed by atoms with van der Waals surface area (Å²) in [5.41, 5.74) is 3.81. The minimum atomic E-state index is 0.537. The first-order chi connectivity index (χ1) is 9.79. The van der Waals surface area contributed by atoms with Crippen LogP contribution in [-0.2, 0) is 6.42 Å². The lowest BCUT2D eigenvalue weighted by Crippen LogP contribution is -2.05. The Morgan fingerprint density at radius 1 is 1.25 bits per heavy atom. The molecule has 0 fully saturated rings. The highest BCUT2D eigenvalue weighted by Gasteiger charge is 2.22. The van der Waals surface area contributed by atoms with Crippen molar-refractivity contribution < 1.29 is 0 Å². The molecular formula is C16H13BrN2S. The zero-order chi connectivity index (χ0) is 13.5. The average Bonchev–Trinajstić information content (AvgIpc) is 3.03.